The highest BCUT2D eigenvalue weighted by molar-refractivity contribution is 5.33. The molecule has 1 saturated heterocycles. The second kappa shape index (κ2) is 3.03. The lowest BCUT2D eigenvalue weighted by atomic mass is 9.60. The van der Waals surface area contributed by atoms with Gasteiger partial charge in [0.1, 0.15) is 5.60 Å². The number of hydrogen-bond donors (Lipinski definition) is 3. The molecule has 19 heavy (non-hydrogen) atoms. The summed E-state index contributed by atoms with van der Waals surface area (Å²) in [5.74, 6) is 0.517. The van der Waals surface area contributed by atoms with Crippen LogP contribution in [0.1, 0.15) is 40.0 Å². The van der Waals surface area contributed by atoms with Gasteiger partial charge in [0.15, 0.2) is 6.29 Å². The molecule has 1 heterocycles. The average molecular weight is 268 g/mol. The van der Waals surface area contributed by atoms with Gasteiger partial charge in [0.25, 0.3) is 0 Å². The van der Waals surface area contributed by atoms with Crippen LogP contribution in [0.15, 0.2) is 0 Å². The third kappa shape index (κ3) is 1.10. The van der Waals surface area contributed by atoms with Crippen LogP contribution in [-0.4, -0.2) is 39.9 Å². The van der Waals surface area contributed by atoms with E-state index in [-0.39, 0.29) is 23.4 Å². The molecule has 0 radical (unpaired) electrons. The summed E-state index contributed by atoms with van der Waals surface area (Å²) < 4.78 is 5.35. The molecule has 4 fully saturated rings. The fourth-order valence-electron chi connectivity index (χ4n) is 6.05. The van der Waals surface area contributed by atoms with Crippen LogP contribution < -0.4 is 0 Å². The Kier molecular flexibility index (Phi) is 2.01. The van der Waals surface area contributed by atoms with Gasteiger partial charge >= 0.3 is 0 Å². The van der Waals surface area contributed by atoms with Gasteiger partial charge in [0.2, 0.25) is 0 Å². The zero-order valence-electron chi connectivity index (χ0n) is 11.9. The zero-order valence-corrected chi connectivity index (χ0v) is 11.9. The Bertz CT molecular complexity index is 449. The molecule has 1 aliphatic heterocycles. The fourth-order valence-corrected chi connectivity index (χ4v) is 6.05. The van der Waals surface area contributed by atoms with Gasteiger partial charge in [-0.2, -0.15) is 0 Å². The molecule has 1 spiro atoms. The van der Waals surface area contributed by atoms with Crippen molar-refractivity contribution >= 4 is 0 Å². The van der Waals surface area contributed by atoms with Crippen molar-refractivity contribution in [2.45, 2.75) is 58.0 Å². The predicted octanol–water partition coefficient (Wildman–Crippen LogP) is 0.889. The number of rotatable bonds is 0. The van der Waals surface area contributed by atoms with E-state index in [0.29, 0.717) is 5.92 Å². The van der Waals surface area contributed by atoms with Gasteiger partial charge in [-0.15, -0.1) is 0 Å². The van der Waals surface area contributed by atoms with Gasteiger partial charge in [-0.1, -0.05) is 20.8 Å². The molecular formula is C15H24O4. The minimum absolute atomic E-state index is 0.0641. The maximum Gasteiger partial charge on any atom is 0.163 e. The zero-order chi connectivity index (χ0) is 13.8. The molecule has 4 heteroatoms. The Hall–Kier alpha value is -0.160. The van der Waals surface area contributed by atoms with Crippen LogP contribution in [0.4, 0.5) is 0 Å². The smallest absolute Gasteiger partial charge is 0.163 e. The summed E-state index contributed by atoms with van der Waals surface area (Å²) in [6, 6.07) is 0. The molecule has 3 aliphatic carbocycles. The Morgan fingerprint density at radius 2 is 1.79 bits per heavy atom. The van der Waals surface area contributed by atoms with Crippen molar-refractivity contribution in [3.05, 3.63) is 0 Å². The van der Waals surface area contributed by atoms with Crippen LogP contribution >= 0.6 is 0 Å². The van der Waals surface area contributed by atoms with Gasteiger partial charge in [-0.25, -0.2) is 0 Å². The molecule has 0 aromatic rings. The minimum Gasteiger partial charge on any atom is -0.390 e. The van der Waals surface area contributed by atoms with Gasteiger partial charge in [0, 0.05) is 0 Å². The van der Waals surface area contributed by atoms with Crippen LogP contribution in [0, 0.1) is 28.1 Å². The highest BCUT2D eigenvalue weighted by Crippen LogP contribution is 2.83. The molecule has 3 saturated carbocycles. The fraction of sp³-hybridized carbons (Fsp3) is 1.00. The number of hydrogen-bond acceptors (Lipinski definition) is 4. The van der Waals surface area contributed by atoms with Crippen LogP contribution in [0.3, 0.4) is 0 Å². The van der Waals surface area contributed by atoms with Crippen molar-refractivity contribution in [2.24, 2.45) is 28.1 Å². The van der Waals surface area contributed by atoms with Gasteiger partial charge in [0.05, 0.1) is 18.1 Å². The molecule has 7 unspecified atom stereocenters. The van der Waals surface area contributed by atoms with Crippen LogP contribution in [0.5, 0.6) is 0 Å². The molecule has 0 bridgehead atoms. The lowest BCUT2D eigenvalue weighted by molar-refractivity contribution is -0.188. The monoisotopic (exact) mass is 268 g/mol. The van der Waals surface area contributed by atoms with E-state index in [9.17, 15) is 15.3 Å². The molecule has 0 aromatic heterocycles. The summed E-state index contributed by atoms with van der Waals surface area (Å²) in [4.78, 5) is 0. The van der Waals surface area contributed by atoms with Crippen LogP contribution in [0.25, 0.3) is 0 Å². The second-order valence-corrected chi connectivity index (χ2v) is 8.44. The summed E-state index contributed by atoms with van der Waals surface area (Å²) >= 11 is 0. The third-order valence-corrected chi connectivity index (χ3v) is 6.99. The SMILES string of the molecule is CC1(C)CC2C(C1)C1(C)CC13C(O)OCC3(O)C2O. The Morgan fingerprint density at radius 3 is 2.47 bits per heavy atom. The lowest BCUT2D eigenvalue weighted by Gasteiger charge is -2.48. The topological polar surface area (TPSA) is 69.9 Å². The molecule has 0 amide bonds. The van der Waals surface area contributed by atoms with Crippen molar-refractivity contribution < 1.29 is 20.1 Å². The first kappa shape index (κ1) is 12.6. The van der Waals surface area contributed by atoms with Crippen LogP contribution in [0.2, 0.25) is 0 Å². The molecule has 7 atom stereocenters. The van der Waals surface area contributed by atoms with Gasteiger partial charge < -0.3 is 20.1 Å². The van der Waals surface area contributed by atoms with Gasteiger partial charge in [-0.3, -0.25) is 0 Å². The van der Waals surface area contributed by atoms with Crippen LogP contribution in [-0.2, 0) is 4.74 Å². The van der Waals surface area contributed by atoms with E-state index in [1.165, 1.54) is 0 Å². The van der Waals surface area contributed by atoms with E-state index >= 15 is 0 Å². The number of ether oxygens (including phenoxy) is 1. The first-order valence-corrected chi connectivity index (χ1v) is 7.38. The summed E-state index contributed by atoms with van der Waals surface area (Å²) in [6.07, 6.45) is 1.08. The van der Waals surface area contributed by atoms with Crippen molar-refractivity contribution in [1.82, 2.24) is 0 Å². The normalized spacial score (nSPS) is 65.4. The number of fused-ring (bicyclic) bond motifs is 2. The Balaban J connectivity index is 1.83. The van der Waals surface area contributed by atoms with E-state index in [0.717, 1.165) is 19.3 Å². The Labute approximate surface area is 113 Å². The third-order valence-electron chi connectivity index (χ3n) is 6.99. The quantitative estimate of drug-likeness (QED) is 0.610. The molecule has 108 valence electrons. The van der Waals surface area contributed by atoms with E-state index in [2.05, 4.69) is 20.8 Å². The molecule has 4 rings (SSSR count). The van der Waals surface area contributed by atoms with E-state index in [1.807, 2.05) is 0 Å². The summed E-state index contributed by atoms with van der Waals surface area (Å²) in [6.45, 7) is 6.71. The first-order chi connectivity index (χ1) is 8.68. The summed E-state index contributed by atoms with van der Waals surface area (Å²) in [7, 11) is 0. The molecule has 3 N–H and O–H groups in total. The van der Waals surface area contributed by atoms with Crippen molar-refractivity contribution in [3.8, 4) is 0 Å². The van der Waals surface area contributed by atoms with Crippen molar-refractivity contribution in [2.75, 3.05) is 6.61 Å². The minimum atomic E-state index is -1.26. The van der Waals surface area contributed by atoms with E-state index < -0.39 is 23.4 Å². The van der Waals surface area contributed by atoms with E-state index in [1.54, 1.807) is 0 Å². The molecular weight excluding hydrogens is 244 g/mol. The molecule has 4 nitrogen and oxygen atoms in total. The standard InChI is InChI=1S/C15H24O4/c1-12(2)4-8-9(5-12)13(3)6-14(13)11(17)19-7-15(14,18)10(8)16/h8-11,16-18H,4-7H2,1-3H3. The maximum atomic E-state index is 11.0. The highest BCUT2D eigenvalue weighted by Gasteiger charge is 2.87. The molecule has 4 aliphatic rings. The second-order valence-electron chi connectivity index (χ2n) is 8.44. The van der Waals surface area contributed by atoms with Crippen molar-refractivity contribution in [1.29, 1.82) is 0 Å². The first-order valence-electron chi connectivity index (χ1n) is 7.38. The Morgan fingerprint density at radius 1 is 1.11 bits per heavy atom. The summed E-state index contributed by atoms with van der Waals surface area (Å²) in [5, 5.41) is 32.0. The largest absolute Gasteiger partial charge is 0.390 e. The van der Waals surface area contributed by atoms with Crippen molar-refractivity contribution in [3.63, 3.8) is 0 Å². The number of aliphatic hydroxyl groups excluding tert-OH is 2. The lowest BCUT2D eigenvalue weighted by Crippen LogP contribution is -2.61. The molecule has 0 aromatic carbocycles. The maximum absolute atomic E-state index is 11.0. The highest BCUT2D eigenvalue weighted by atomic mass is 16.6. The summed E-state index contributed by atoms with van der Waals surface area (Å²) in [5.41, 5.74) is -1.77. The van der Waals surface area contributed by atoms with Gasteiger partial charge in [-0.05, 0) is 41.9 Å². The average Bonchev–Trinajstić information content (AvgIpc) is 2.73. The predicted molar refractivity (Wildman–Crippen MR) is 68.1 cm³/mol. The number of aliphatic hydroxyl groups is 3. The van der Waals surface area contributed by atoms with E-state index in [4.69, 9.17) is 4.74 Å².